The molecule has 6 atom stereocenters. The molecule has 2 bridgehead atoms. The standard InChI is InChI=1S/C16H16IN/c17-9-4-6-10(7-5-9)18-15-13-8-14(16(15)18)12-3-1-2-11(12)13/h1-2,4-7,11-16H,3,8H2. The van der Waals surface area contributed by atoms with Crippen molar-refractivity contribution in [2.75, 3.05) is 4.90 Å². The maximum absolute atomic E-state index is 2.71. The first-order valence-corrected chi connectivity index (χ1v) is 8.13. The maximum atomic E-state index is 2.71. The van der Waals surface area contributed by atoms with Crippen molar-refractivity contribution in [3.8, 4) is 0 Å². The van der Waals surface area contributed by atoms with Crippen LogP contribution in [0, 0.1) is 27.2 Å². The fourth-order valence-electron chi connectivity index (χ4n) is 5.16. The van der Waals surface area contributed by atoms with Crippen LogP contribution in [-0.4, -0.2) is 12.1 Å². The van der Waals surface area contributed by atoms with Crippen LogP contribution in [0.3, 0.4) is 0 Å². The highest BCUT2D eigenvalue weighted by molar-refractivity contribution is 14.1. The van der Waals surface area contributed by atoms with Crippen molar-refractivity contribution in [3.63, 3.8) is 0 Å². The average Bonchev–Trinajstić information content (AvgIpc) is 2.76. The summed E-state index contributed by atoms with van der Waals surface area (Å²) >= 11 is 2.39. The Morgan fingerprint density at radius 2 is 1.78 bits per heavy atom. The van der Waals surface area contributed by atoms with Crippen LogP contribution in [-0.2, 0) is 0 Å². The average molecular weight is 349 g/mol. The van der Waals surface area contributed by atoms with E-state index in [4.69, 9.17) is 0 Å². The monoisotopic (exact) mass is 349 g/mol. The molecule has 1 aliphatic heterocycles. The van der Waals surface area contributed by atoms with Gasteiger partial charge in [-0.1, -0.05) is 12.2 Å². The van der Waals surface area contributed by atoms with E-state index in [0.29, 0.717) is 0 Å². The zero-order valence-corrected chi connectivity index (χ0v) is 12.3. The summed E-state index contributed by atoms with van der Waals surface area (Å²) in [6, 6.07) is 10.9. The molecule has 3 fully saturated rings. The van der Waals surface area contributed by atoms with Crippen molar-refractivity contribution >= 4 is 28.3 Å². The van der Waals surface area contributed by atoms with Crippen molar-refractivity contribution in [1.29, 1.82) is 0 Å². The zero-order valence-electron chi connectivity index (χ0n) is 10.2. The molecular formula is C16H16IN. The summed E-state index contributed by atoms with van der Waals surface area (Å²) in [4.78, 5) is 2.71. The highest BCUT2D eigenvalue weighted by atomic mass is 127. The third-order valence-electron chi connectivity index (χ3n) is 5.75. The Labute approximate surface area is 121 Å². The van der Waals surface area contributed by atoms with Crippen LogP contribution >= 0.6 is 22.6 Å². The van der Waals surface area contributed by atoms with Gasteiger partial charge in [0.2, 0.25) is 0 Å². The highest BCUT2D eigenvalue weighted by Gasteiger charge is 2.69. The molecule has 1 nitrogen and oxygen atoms in total. The summed E-state index contributed by atoms with van der Waals surface area (Å²) in [6.07, 6.45) is 7.83. The van der Waals surface area contributed by atoms with Crippen molar-refractivity contribution in [3.05, 3.63) is 40.0 Å². The summed E-state index contributed by atoms with van der Waals surface area (Å²) in [5.74, 6) is 3.86. The van der Waals surface area contributed by atoms with Gasteiger partial charge in [-0.3, -0.25) is 0 Å². The Morgan fingerprint density at radius 1 is 1.00 bits per heavy atom. The van der Waals surface area contributed by atoms with Crippen LogP contribution in [0.15, 0.2) is 36.4 Å². The van der Waals surface area contributed by atoms with E-state index >= 15 is 0 Å². The summed E-state index contributed by atoms with van der Waals surface area (Å²) < 4.78 is 1.34. The quantitative estimate of drug-likeness (QED) is 0.425. The molecule has 1 heterocycles. The van der Waals surface area contributed by atoms with Crippen LogP contribution in [0.2, 0.25) is 0 Å². The Morgan fingerprint density at radius 3 is 2.61 bits per heavy atom. The van der Waals surface area contributed by atoms with E-state index in [9.17, 15) is 0 Å². The third-order valence-corrected chi connectivity index (χ3v) is 6.47. The summed E-state index contributed by atoms with van der Waals surface area (Å²) in [5.41, 5.74) is 1.46. The van der Waals surface area contributed by atoms with Crippen LogP contribution < -0.4 is 4.90 Å². The van der Waals surface area contributed by atoms with Gasteiger partial charge in [0.25, 0.3) is 0 Å². The number of allylic oxidation sites excluding steroid dienone is 2. The number of halogens is 1. The minimum atomic E-state index is 0.874. The van der Waals surface area contributed by atoms with E-state index in [1.54, 1.807) is 0 Å². The molecule has 3 aliphatic carbocycles. The SMILES string of the molecule is Ic1ccc(N2C3C4CC(C5CC=CC54)C32)cc1. The van der Waals surface area contributed by atoms with Crippen molar-refractivity contribution in [2.45, 2.75) is 24.9 Å². The Kier molecular flexibility index (Phi) is 1.90. The lowest BCUT2D eigenvalue weighted by atomic mass is 9.82. The lowest BCUT2D eigenvalue weighted by molar-refractivity contribution is 0.319. The van der Waals surface area contributed by atoms with Gasteiger partial charge in [-0.15, -0.1) is 0 Å². The molecule has 1 saturated heterocycles. The van der Waals surface area contributed by atoms with Gasteiger partial charge in [0.05, 0.1) is 12.1 Å². The van der Waals surface area contributed by atoms with Crippen LogP contribution in [0.25, 0.3) is 0 Å². The minimum Gasteiger partial charge on any atom is -0.361 e. The van der Waals surface area contributed by atoms with E-state index in [0.717, 1.165) is 35.8 Å². The molecule has 5 rings (SSSR count). The first-order chi connectivity index (χ1) is 8.84. The fraction of sp³-hybridized carbons (Fsp3) is 0.500. The van der Waals surface area contributed by atoms with E-state index in [-0.39, 0.29) is 0 Å². The molecule has 1 aromatic carbocycles. The van der Waals surface area contributed by atoms with E-state index in [1.165, 1.54) is 22.1 Å². The molecule has 0 amide bonds. The predicted octanol–water partition coefficient (Wildman–Crippen LogP) is 3.69. The molecular weight excluding hydrogens is 333 g/mol. The maximum Gasteiger partial charge on any atom is 0.0534 e. The van der Waals surface area contributed by atoms with Crippen molar-refractivity contribution < 1.29 is 0 Å². The molecule has 4 aliphatic rings. The lowest BCUT2D eigenvalue weighted by Crippen LogP contribution is -2.23. The summed E-state index contributed by atoms with van der Waals surface area (Å²) in [7, 11) is 0. The van der Waals surface area contributed by atoms with Gasteiger partial charge < -0.3 is 4.90 Å². The van der Waals surface area contributed by atoms with Gasteiger partial charge in [-0.05, 0) is 83.4 Å². The predicted molar refractivity (Wildman–Crippen MR) is 81.5 cm³/mol. The molecule has 0 N–H and O–H groups in total. The minimum absolute atomic E-state index is 0.874. The van der Waals surface area contributed by atoms with Gasteiger partial charge in [0, 0.05) is 9.26 Å². The number of hydrogen-bond donors (Lipinski definition) is 0. The van der Waals surface area contributed by atoms with E-state index in [2.05, 4.69) is 63.9 Å². The molecule has 0 spiro atoms. The van der Waals surface area contributed by atoms with E-state index < -0.39 is 0 Å². The molecule has 0 radical (unpaired) electrons. The van der Waals surface area contributed by atoms with Crippen LogP contribution in [0.4, 0.5) is 5.69 Å². The summed E-state index contributed by atoms with van der Waals surface area (Å²) in [5, 5.41) is 0. The molecule has 2 saturated carbocycles. The molecule has 2 heteroatoms. The smallest absolute Gasteiger partial charge is 0.0534 e. The topological polar surface area (TPSA) is 3.01 Å². The molecule has 0 aromatic heterocycles. The second kappa shape index (κ2) is 3.33. The first kappa shape index (κ1) is 10.3. The third kappa shape index (κ3) is 1.14. The van der Waals surface area contributed by atoms with Gasteiger partial charge in [0.1, 0.15) is 0 Å². The number of nitrogens with zero attached hydrogens (tertiary/aromatic N) is 1. The Bertz CT molecular complexity index is 535. The number of fused-ring (bicyclic) bond motifs is 8. The number of benzene rings is 1. The largest absolute Gasteiger partial charge is 0.361 e. The van der Waals surface area contributed by atoms with Gasteiger partial charge in [0.15, 0.2) is 0 Å². The van der Waals surface area contributed by atoms with Crippen LogP contribution in [0.1, 0.15) is 12.8 Å². The zero-order chi connectivity index (χ0) is 11.9. The van der Waals surface area contributed by atoms with E-state index in [1.807, 2.05) is 0 Å². The normalized spacial score (nSPS) is 46.4. The number of anilines is 1. The van der Waals surface area contributed by atoms with Crippen molar-refractivity contribution in [1.82, 2.24) is 0 Å². The van der Waals surface area contributed by atoms with Crippen molar-refractivity contribution in [2.24, 2.45) is 23.7 Å². The van der Waals surface area contributed by atoms with Gasteiger partial charge >= 0.3 is 0 Å². The second-order valence-corrected chi connectivity index (χ2v) is 7.58. The Balaban J connectivity index is 1.48. The van der Waals surface area contributed by atoms with Gasteiger partial charge in [-0.25, -0.2) is 0 Å². The molecule has 18 heavy (non-hydrogen) atoms. The summed E-state index contributed by atoms with van der Waals surface area (Å²) in [6.45, 7) is 0. The Hall–Kier alpha value is -0.510. The number of rotatable bonds is 1. The molecule has 6 unspecified atom stereocenters. The highest BCUT2D eigenvalue weighted by Crippen LogP contribution is 2.66. The van der Waals surface area contributed by atoms with Crippen LogP contribution in [0.5, 0.6) is 0 Å². The molecule has 92 valence electrons. The number of piperidine rings is 1. The fourth-order valence-corrected chi connectivity index (χ4v) is 5.52. The second-order valence-electron chi connectivity index (χ2n) is 6.33. The lowest BCUT2D eigenvalue weighted by Gasteiger charge is -2.21. The first-order valence-electron chi connectivity index (χ1n) is 7.05. The number of hydrogen-bond acceptors (Lipinski definition) is 1. The van der Waals surface area contributed by atoms with Gasteiger partial charge in [-0.2, -0.15) is 0 Å². The molecule has 1 aromatic rings.